The number of ether oxygens (including phenoxy) is 2. The molecule has 1 aromatic heterocycles. The van der Waals surface area contributed by atoms with Crippen LogP contribution in [-0.2, 0) is 10.0 Å². The highest BCUT2D eigenvalue weighted by Crippen LogP contribution is 2.30. The maximum absolute atomic E-state index is 12.7. The van der Waals surface area contributed by atoms with Crippen molar-refractivity contribution in [1.82, 2.24) is 4.98 Å². The van der Waals surface area contributed by atoms with Gasteiger partial charge in [0, 0.05) is 18.0 Å². The average molecular weight is 413 g/mol. The van der Waals surface area contributed by atoms with E-state index in [0.717, 1.165) is 0 Å². The first kappa shape index (κ1) is 20.2. The molecule has 0 spiro atoms. The first-order valence-corrected chi connectivity index (χ1v) is 9.97. The minimum absolute atomic E-state index is 0.0192. The van der Waals surface area contributed by atoms with Crippen LogP contribution in [-0.4, -0.2) is 33.5 Å². The summed E-state index contributed by atoms with van der Waals surface area (Å²) in [6.07, 6.45) is 2.67. The number of carbonyl (C=O) groups excluding carboxylic acids is 1. The molecule has 29 heavy (non-hydrogen) atoms. The smallest absolute Gasteiger partial charge is 0.262 e. The van der Waals surface area contributed by atoms with Crippen LogP contribution in [0.3, 0.4) is 0 Å². The van der Waals surface area contributed by atoms with Gasteiger partial charge in [-0.2, -0.15) is 0 Å². The quantitative estimate of drug-likeness (QED) is 0.616. The van der Waals surface area contributed by atoms with Gasteiger partial charge in [0.15, 0.2) is 11.5 Å². The normalized spacial score (nSPS) is 10.8. The molecule has 3 aromatic rings. The predicted molar refractivity (Wildman–Crippen MR) is 109 cm³/mol. The number of hydrogen-bond donors (Lipinski definition) is 2. The number of para-hydroxylation sites is 1. The molecule has 0 aliphatic carbocycles. The van der Waals surface area contributed by atoms with E-state index in [1.54, 1.807) is 24.3 Å². The Morgan fingerprint density at radius 2 is 1.62 bits per heavy atom. The van der Waals surface area contributed by atoms with Crippen LogP contribution < -0.4 is 19.5 Å². The molecule has 0 unspecified atom stereocenters. The number of pyridine rings is 1. The van der Waals surface area contributed by atoms with Crippen molar-refractivity contribution >= 4 is 27.3 Å². The zero-order valence-corrected chi connectivity index (χ0v) is 16.6. The highest BCUT2D eigenvalue weighted by molar-refractivity contribution is 7.92. The lowest BCUT2D eigenvalue weighted by molar-refractivity contribution is 0.102. The molecule has 8 nitrogen and oxygen atoms in total. The van der Waals surface area contributed by atoms with Crippen molar-refractivity contribution in [1.29, 1.82) is 0 Å². The second-order valence-electron chi connectivity index (χ2n) is 5.90. The molecule has 0 atom stereocenters. The number of methoxy groups -OCH3 is 2. The number of nitrogens with one attached hydrogen (secondary N) is 2. The van der Waals surface area contributed by atoms with Gasteiger partial charge in [-0.3, -0.25) is 14.5 Å². The number of benzene rings is 2. The molecule has 0 radical (unpaired) electrons. The molecule has 0 bridgehead atoms. The molecule has 2 aromatic carbocycles. The van der Waals surface area contributed by atoms with Crippen LogP contribution in [0.1, 0.15) is 10.4 Å². The zero-order chi connectivity index (χ0) is 20.9. The zero-order valence-electron chi connectivity index (χ0n) is 15.7. The minimum Gasteiger partial charge on any atom is -0.493 e. The first-order valence-electron chi connectivity index (χ1n) is 8.49. The highest BCUT2D eigenvalue weighted by atomic mass is 32.2. The molecule has 2 N–H and O–H groups in total. The van der Waals surface area contributed by atoms with Crippen molar-refractivity contribution in [3.63, 3.8) is 0 Å². The van der Waals surface area contributed by atoms with Crippen molar-refractivity contribution in [2.75, 3.05) is 24.3 Å². The predicted octanol–water partition coefficient (Wildman–Crippen LogP) is 3.15. The second kappa shape index (κ2) is 8.61. The number of nitrogens with zero attached hydrogens (tertiary/aromatic N) is 1. The summed E-state index contributed by atoms with van der Waals surface area (Å²) in [6, 6.07) is 14.6. The number of amides is 1. The van der Waals surface area contributed by atoms with Crippen molar-refractivity contribution in [2.45, 2.75) is 4.90 Å². The van der Waals surface area contributed by atoms with Crippen molar-refractivity contribution in [3.05, 3.63) is 72.6 Å². The van der Waals surface area contributed by atoms with E-state index in [9.17, 15) is 13.2 Å². The lowest BCUT2D eigenvalue weighted by Crippen LogP contribution is -2.15. The number of hydrogen-bond acceptors (Lipinski definition) is 6. The summed E-state index contributed by atoms with van der Waals surface area (Å²) in [5.74, 6) is 0.285. The first-order chi connectivity index (χ1) is 13.9. The highest BCUT2D eigenvalue weighted by Gasteiger charge is 2.18. The molecule has 0 saturated carbocycles. The third-order valence-electron chi connectivity index (χ3n) is 3.95. The number of rotatable bonds is 7. The van der Waals surface area contributed by atoms with Gasteiger partial charge in [0.2, 0.25) is 0 Å². The molecule has 150 valence electrons. The van der Waals surface area contributed by atoms with Crippen LogP contribution in [0.5, 0.6) is 11.5 Å². The van der Waals surface area contributed by atoms with Gasteiger partial charge in [-0.05, 0) is 30.3 Å². The van der Waals surface area contributed by atoms with E-state index < -0.39 is 15.9 Å². The van der Waals surface area contributed by atoms with Gasteiger partial charge in [0.1, 0.15) is 0 Å². The molecular weight excluding hydrogens is 394 g/mol. The van der Waals surface area contributed by atoms with E-state index in [4.69, 9.17) is 9.47 Å². The fourth-order valence-corrected chi connectivity index (χ4v) is 3.59. The van der Waals surface area contributed by atoms with Crippen molar-refractivity contribution < 1.29 is 22.7 Å². The molecule has 9 heteroatoms. The summed E-state index contributed by atoms with van der Waals surface area (Å²) in [6.45, 7) is 0. The third-order valence-corrected chi connectivity index (χ3v) is 5.33. The summed E-state index contributed by atoms with van der Waals surface area (Å²) in [5.41, 5.74) is 0.982. The molecule has 0 aliphatic heterocycles. The fraction of sp³-hybridized carbons (Fsp3) is 0.100. The monoisotopic (exact) mass is 413 g/mol. The lowest BCUT2D eigenvalue weighted by Gasteiger charge is -2.12. The molecule has 1 heterocycles. The number of carbonyl (C=O) groups is 1. The van der Waals surface area contributed by atoms with Crippen LogP contribution in [0.4, 0.5) is 11.4 Å². The summed E-state index contributed by atoms with van der Waals surface area (Å²) >= 11 is 0. The van der Waals surface area contributed by atoms with Gasteiger partial charge in [-0.15, -0.1) is 0 Å². The molecular formula is C20H19N3O5S. The van der Waals surface area contributed by atoms with Gasteiger partial charge in [0.25, 0.3) is 15.9 Å². The van der Waals surface area contributed by atoms with Gasteiger partial charge < -0.3 is 14.8 Å². The summed E-state index contributed by atoms with van der Waals surface area (Å²) in [4.78, 5) is 16.3. The van der Waals surface area contributed by atoms with E-state index in [1.165, 1.54) is 50.9 Å². The van der Waals surface area contributed by atoms with Gasteiger partial charge >= 0.3 is 0 Å². The van der Waals surface area contributed by atoms with Crippen molar-refractivity contribution in [2.24, 2.45) is 0 Å². The minimum atomic E-state index is -3.93. The number of aromatic nitrogens is 1. The lowest BCUT2D eigenvalue weighted by atomic mass is 10.2. The Hall–Kier alpha value is -3.59. The van der Waals surface area contributed by atoms with Gasteiger partial charge in [-0.1, -0.05) is 18.2 Å². The van der Waals surface area contributed by atoms with E-state index in [1.807, 2.05) is 6.07 Å². The molecule has 0 aliphatic rings. The van der Waals surface area contributed by atoms with E-state index >= 15 is 0 Å². The maximum Gasteiger partial charge on any atom is 0.262 e. The Labute approximate surface area is 168 Å². The molecule has 0 saturated heterocycles. The van der Waals surface area contributed by atoms with Crippen LogP contribution in [0.15, 0.2) is 71.9 Å². The molecule has 0 fully saturated rings. The third kappa shape index (κ3) is 4.82. The van der Waals surface area contributed by atoms with Crippen LogP contribution in [0, 0.1) is 0 Å². The van der Waals surface area contributed by atoms with E-state index in [-0.39, 0.29) is 21.9 Å². The second-order valence-corrected chi connectivity index (χ2v) is 7.59. The van der Waals surface area contributed by atoms with E-state index in [2.05, 4.69) is 15.0 Å². The van der Waals surface area contributed by atoms with Gasteiger partial charge in [-0.25, -0.2) is 8.42 Å². The Kier molecular flexibility index (Phi) is 5.99. The Morgan fingerprint density at radius 1 is 0.897 bits per heavy atom. The average Bonchev–Trinajstić information content (AvgIpc) is 2.73. The van der Waals surface area contributed by atoms with Crippen molar-refractivity contribution in [3.8, 4) is 11.5 Å². The SMILES string of the molecule is COc1ccc(S(=O)(=O)Nc2cncc(C(=O)Nc3ccccc3)c2)cc1OC. The van der Waals surface area contributed by atoms with Crippen LogP contribution in [0.25, 0.3) is 0 Å². The summed E-state index contributed by atoms with van der Waals surface area (Å²) in [5, 5.41) is 2.72. The fourth-order valence-electron chi connectivity index (χ4n) is 2.54. The van der Waals surface area contributed by atoms with Crippen LogP contribution in [0.2, 0.25) is 0 Å². The van der Waals surface area contributed by atoms with Crippen LogP contribution >= 0.6 is 0 Å². The number of sulfonamides is 1. The standard InChI is InChI=1S/C20H19N3O5S/c1-27-18-9-8-17(11-19(18)28-2)29(25,26)23-16-10-14(12-21-13-16)20(24)22-15-6-4-3-5-7-15/h3-13,23H,1-2H3,(H,22,24). The van der Waals surface area contributed by atoms with E-state index in [0.29, 0.717) is 11.4 Å². The Balaban J connectivity index is 1.81. The van der Waals surface area contributed by atoms with Gasteiger partial charge in [0.05, 0.1) is 36.6 Å². The topological polar surface area (TPSA) is 107 Å². The summed E-state index contributed by atoms with van der Waals surface area (Å²) in [7, 11) is -1.05. The largest absolute Gasteiger partial charge is 0.493 e. The number of anilines is 2. The maximum atomic E-state index is 12.7. The molecule has 3 rings (SSSR count). The summed E-state index contributed by atoms with van der Waals surface area (Å²) < 4.78 is 38.1. The molecule has 1 amide bonds. The Bertz CT molecular complexity index is 1120. The Morgan fingerprint density at radius 3 is 2.31 bits per heavy atom.